The molecule has 0 atom stereocenters. The van der Waals surface area contributed by atoms with Gasteiger partial charge in [-0.2, -0.15) is 5.26 Å². The van der Waals surface area contributed by atoms with Crippen LogP contribution in [0.2, 0.25) is 5.02 Å². The van der Waals surface area contributed by atoms with Crippen LogP contribution in [0, 0.1) is 32.1 Å². The van der Waals surface area contributed by atoms with Crippen LogP contribution >= 0.6 is 11.6 Å². The number of benzene rings is 2. The second-order valence-electron chi connectivity index (χ2n) is 4.71. The van der Waals surface area contributed by atoms with Gasteiger partial charge in [0.05, 0.1) is 10.6 Å². The van der Waals surface area contributed by atoms with E-state index in [1.165, 1.54) is 16.7 Å². The largest absolute Gasteiger partial charge is 0.355 e. The van der Waals surface area contributed by atoms with Crippen LogP contribution in [0.15, 0.2) is 30.3 Å². The van der Waals surface area contributed by atoms with Crippen molar-refractivity contribution in [2.45, 2.75) is 20.8 Å². The van der Waals surface area contributed by atoms with Gasteiger partial charge in [-0.25, -0.2) is 0 Å². The third kappa shape index (κ3) is 2.89. The summed E-state index contributed by atoms with van der Waals surface area (Å²) in [4.78, 5) is 0. The van der Waals surface area contributed by atoms with E-state index >= 15 is 0 Å². The van der Waals surface area contributed by atoms with E-state index in [1.807, 2.05) is 6.07 Å². The third-order valence-corrected chi connectivity index (χ3v) is 3.35. The molecule has 0 bridgehead atoms. The number of nitrogens with one attached hydrogen (secondary N) is 1. The highest BCUT2D eigenvalue weighted by atomic mass is 35.5. The molecule has 0 amide bonds. The van der Waals surface area contributed by atoms with Crippen molar-refractivity contribution >= 4 is 23.0 Å². The number of nitrogens with zero attached hydrogens (tertiary/aromatic N) is 1. The molecule has 0 aliphatic rings. The van der Waals surface area contributed by atoms with E-state index < -0.39 is 0 Å². The maximum atomic E-state index is 8.86. The zero-order valence-corrected chi connectivity index (χ0v) is 12.0. The number of nitriles is 1. The van der Waals surface area contributed by atoms with Gasteiger partial charge in [0.25, 0.3) is 0 Å². The topological polar surface area (TPSA) is 35.8 Å². The minimum atomic E-state index is 0.468. The van der Waals surface area contributed by atoms with E-state index in [0.29, 0.717) is 10.6 Å². The highest BCUT2D eigenvalue weighted by Crippen LogP contribution is 2.28. The zero-order valence-electron chi connectivity index (χ0n) is 11.2. The molecule has 0 aliphatic carbocycles. The van der Waals surface area contributed by atoms with Crippen LogP contribution in [-0.4, -0.2) is 0 Å². The van der Waals surface area contributed by atoms with Gasteiger partial charge in [-0.15, -0.1) is 0 Å². The lowest BCUT2D eigenvalue weighted by molar-refractivity contribution is 1.31. The van der Waals surface area contributed by atoms with Crippen molar-refractivity contribution in [3.8, 4) is 6.07 Å². The predicted octanol–water partition coefficient (Wildman–Crippen LogP) is 4.88. The fraction of sp³-hybridized carbons (Fsp3) is 0.188. The van der Waals surface area contributed by atoms with Gasteiger partial charge in [-0.1, -0.05) is 29.3 Å². The summed E-state index contributed by atoms with van der Waals surface area (Å²) in [6.45, 7) is 6.24. The Morgan fingerprint density at radius 2 is 1.68 bits per heavy atom. The Labute approximate surface area is 118 Å². The predicted molar refractivity (Wildman–Crippen MR) is 80.1 cm³/mol. The molecule has 3 heteroatoms. The Morgan fingerprint density at radius 1 is 1.05 bits per heavy atom. The van der Waals surface area contributed by atoms with Crippen molar-refractivity contribution in [3.63, 3.8) is 0 Å². The minimum absolute atomic E-state index is 0.468. The molecule has 2 nitrogen and oxygen atoms in total. The summed E-state index contributed by atoms with van der Waals surface area (Å²) in [7, 11) is 0. The molecule has 0 heterocycles. The summed E-state index contributed by atoms with van der Waals surface area (Å²) in [5, 5.41) is 12.7. The van der Waals surface area contributed by atoms with Crippen molar-refractivity contribution in [3.05, 3.63) is 57.6 Å². The Hall–Kier alpha value is -1.98. The molecule has 0 unspecified atom stereocenters. The van der Waals surface area contributed by atoms with Crippen molar-refractivity contribution in [1.82, 2.24) is 0 Å². The van der Waals surface area contributed by atoms with E-state index in [0.717, 1.165) is 11.4 Å². The first-order chi connectivity index (χ1) is 9.01. The van der Waals surface area contributed by atoms with Gasteiger partial charge < -0.3 is 5.32 Å². The van der Waals surface area contributed by atoms with Gasteiger partial charge in [0.1, 0.15) is 6.07 Å². The lowest BCUT2D eigenvalue weighted by Gasteiger charge is -2.14. The average molecular weight is 271 g/mol. The smallest absolute Gasteiger partial charge is 0.101 e. The molecule has 0 fully saturated rings. The number of anilines is 2. The fourth-order valence-corrected chi connectivity index (χ4v) is 2.43. The SMILES string of the molecule is Cc1cc(C)c(Nc2ccc(C#N)c(Cl)c2)c(C)c1. The number of rotatable bonds is 2. The highest BCUT2D eigenvalue weighted by Gasteiger charge is 2.06. The number of aryl methyl sites for hydroxylation is 3. The van der Waals surface area contributed by atoms with Gasteiger partial charge in [-0.05, 0) is 50.1 Å². The molecular weight excluding hydrogens is 256 g/mol. The van der Waals surface area contributed by atoms with Crippen LogP contribution in [-0.2, 0) is 0 Å². The molecule has 19 heavy (non-hydrogen) atoms. The third-order valence-electron chi connectivity index (χ3n) is 3.04. The van der Waals surface area contributed by atoms with Crippen LogP contribution in [0.1, 0.15) is 22.3 Å². The molecule has 2 aromatic carbocycles. The van der Waals surface area contributed by atoms with E-state index in [4.69, 9.17) is 16.9 Å². The van der Waals surface area contributed by atoms with E-state index in [1.54, 1.807) is 12.1 Å². The van der Waals surface area contributed by atoms with Gasteiger partial charge in [-0.3, -0.25) is 0 Å². The molecule has 96 valence electrons. The van der Waals surface area contributed by atoms with Crippen molar-refractivity contribution < 1.29 is 0 Å². The summed E-state index contributed by atoms with van der Waals surface area (Å²) in [6, 6.07) is 11.7. The average Bonchev–Trinajstić information content (AvgIpc) is 2.34. The Balaban J connectivity index is 2.37. The second-order valence-corrected chi connectivity index (χ2v) is 5.11. The molecule has 2 aromatic rings. The van der Waals surface area contributed by atoms with Crippen LogP contribution < -0.4 is 5.32 Å². The van der Waals surface area contributed by atoms with Crippen LogP contribution in [0.3, 0.4) is 0 Å². The molecule has 2 rings (SSSR count). The second kappa shape index (κ2) is 5.34. The van der Waals surface area contributed by atoms with Crippen LogP contribution in [0.5, 0.6) is 0 Å². The van der Waals surface area contributed by atoms with Crippen molar-refractivity contribution in [2.75, 3.05) is 5.32 Å². The summed E-state index contributed by atoms with van der Waals surface area (Å²) < 4.78 is 0. The zero-order chi connectivity index (χ0) is 14.0. The van der Waals surface area contributed by atoms with E-state index in [-0.39, 0.29) is 0 Å². The Kier molecular flexibility index (Phi) is 3.78. The molecule has 1 N–H and O–H groups in total. The van der Waals surface area contributed by atoms with Gasteiger partial charge in [0, 0.05) is 11.4 Å². The quantitative estimate of drug-likeness (QED) is 0.844. The first kappa shape index (κ1) is 13.5. The lowest BCUT2D eigenvalue weighted by Crippen LogP contribution is -1.97. The summed E-state index contributed by atoms with van der Waals surface area (Å²) in [6.07, 6.45) is 0. The van der Waals surface area contributed by atoms with Crippen molar-refractivity contribution in [2.24, 2.45) is 0 Å². The van der Waals surface area contributed by atoms with Crippen molar-refractivity contribution in [1.29, 1.82) is 5.26 Å². The minimum Gasteiger partial charge on any atom is -0.355 e. The number of hydrogen-bond acceptors (Lipinski definition) is 2. The first-order valence-corrected chi connectivity index (χ1v) is 6.43. The Morgan fingerprint density at radius 3 is 2.21 bits per heavy atom. The maximum Gasteiger partial charge on any atom is 0.101 e. The monoisotopic (exact) mass is 270 g/mol. The maximum absolute atomic E-state index is 8.86. The standard InChI is InChI=1S/C16H15ClN2/c1-10-6-11(2)16(12(3)7-10)19-14-5-4-13(9-18)15(17)8-14/h4-8,19H,1-3H3. The van der Waals surface area contributed by atoms with Crippen LogP contribution in [0.25, 0.3) is 0 Å². The summed E-state index contributed by atoms with van der Waals surface area (Å²) in [5.41, 5.74) is 6.10. The summed E-state index contributed by atoms with van der Waals surface area (Å²) >= 11 is 6.04. The van der Waals surface area contributed by atoms with Gasteiger partial charge in [0.2, 0.25) is 0 Å². The number of halogens is 1. The first-order valence-electron chi connectivity index (χ1n) is 6.06. The molecule has 0 radical (unpaired) electrons. The van der Waals surface area contributed by atoms with Gasteiger partial charge in [0.15, 0.2) is 0 Å². The van der Waals surface area contributed by atoms with Crippen LogP contribution in [0.4, 0.5) is 11.4 Å². The molecule has 0 aromatic heterocycles. The molecule has 0 saturated heterocycles. The highest BCUT2D eigenvalue weighted by molar-refractivity contribution is 6.32. The van der Waals surface area contributed by atoms with E-state index in [9.17, 15) is 0 Å². The lowest BCUT2D eigenvalue weighted by atomic mass is 10.0. The molecule has 0 saturated carbocycles. The number of hydrogen-bond donors (Lipinski definition) is 1. The molecular formula is C16H15ClN2. The van der Waals surface area contributed by atoms with E-state index in [2.05, 4.69) is 44.3 Å². The fourth-order valence-electron chi connectivity index (χ4n) is 2.21. The van der Waals surface area contributed by atoms with Gasteiger partial charge >= 0.3 is 0 Å². The Bertz CT molecular complexity index is 646. The molecule has 0 spiro atoms. The summed E-state index contributed by atoms with van der Waals surface area (Å²) in [5.74, 6) is 0. The molecule has 0 aliphatic heterocycles. The normalized spacial score (nSPS) is 10.1.